The van der Waals surface area contributed by atoms with Gasteiger partial charge in [-0.25, -0.2) is 13.9 Å². The second-order valence-electron chi connectivity index (χ2n) is 5.95. The zero-order valence-corrected chi connectivity index (χ0v) is 14.6. The number of hydrogen-bond donors (Lipinski definition) is 1. The van der Waals surface area contributed by atoms with Crippen molar-refractivity contribution in [1.29, 1.82) is 0 Å². The summed E-state index contributed by atoms with van der Waals surface area (Å²) in [5.74, 6) is -0.534. The summed E-state index contributed by atoms with van der Waals surface area (Å²) >= 11 is 0. The first kappa shape index (κ1) is 17.0. The third-order valence-electron chi connectivity index (χ3n) is 4.35. The predicted octanol–water partition coefficient (Wildman–Crippen LogP) is 3.41. The maximum atomic E-state index is 14.7. The minimum absolute atomic E-state index is 0.207. The standard InChI is InChI=1S/C20H17FN4O2/c1-2-27-19(26)16-17(13-8-4-3-5-9-13)24-20-22-12-23-25(20)18(16)14-10-6-7-11-15(14)21/h3-12,18H,2H2,1H3,(H,22,23,24)/t18-/m0/s1. The Labute approximate surface area is 155 Å². The maximum Gasteiger partial charge on any atom is 0.338 e. The summed E-state index contributed by atoms with van der Waals surface area (Å²) in [6, 6.07) is 14.9. The van der Waals surface area contributed by atoms with Crippen LogP contribution in [0.3, 0.4) is 0 Å². The molecular formula is C20H17FN4O2. The second kappa shape index (κ2) is 7.03. The van der Waals surface area contributed by atoms with Crippen molar-refractivity contribution < 1.29 is 13.9 Å². The highest BCUT2D eigenvalue weighted by Gasteiger charge is 2.37. The molecule has 0 unspecified atom stereocenters. The molecule has 0 saturated carbocycles. The summed E-state index contributed by atoms with van der Waals surface area (Å²) in [6.45, 7) is 1.94. The highest BCUT2D eigenvalue weighted by molar-refractivity contribution is 6.02. The molecule has 1 aromatic heterocycles. The first-order valence-electron chi connectivity index (χ1n) is 8.58. The Bertz CT molecular complexity index is 1010. The summed E-state index contributed by atoms with van der Waals surface area (Å²) in [7, 11) is 0. The lowest BCUT2D eigenvalue weighted by molar-refractivity contribution is -0.138. The van der Waals surface area contributed by atoms with Crippen molar-refractivity contribution >= 4 is 17.6 Å². The van der Waals surface area contributed by atoms with Gasteiger partial charge in [-0.1, -0.05) is 48.5 Å². The number of nitrogens with one attached hydrogen (secondary N) is 1. The molecule has 2 aromatic carbocycles. The number of halogens is 1. The maximum absolute atomic E-state index is 14.7. The number of anilines is 1. The fourth-order valence-corrected chi connectivity index (χ4v) is 3.21. The zero-order chi connectivity index (χ0) is 18.8. The van der Waals surface area contributed by atoms with E-state index in [2.05, 4.69) is 15.4 Å². The molecular weight excluding hydrogens is 347 g/mol. The van der Waals surface area contributed by atoms with Gasteiger partial charge in [-0.3, -0.25) is 0 Å². The van der Waals surface area contributed by atoms with E-state index in [0.29, 0.717) is 17.2 Å². The van der Waals surface area contributed by atoms with E-state index in [9.17, 15) is 9.18 Å². The van der Waals surface area contributed by atoms with E-state index in [1.165, 1.54) is 17.1 Å². The molecule has 0 saturated heterocycles. The number of rotatable bonds is 4. The highest BCUT2D eigenvalue weighted by Crippen LogP contribution is 2.39. The molecule has 7 heteroatoms. The van der Waals surface area contributed by atoms with Crippen molar-refractivity contribution in [1.82, 2.24) is 14.8 Å². The van der Waals surface area contributed by atoms with Gasteiger partial charge >= 0.3 is 5.97 Å². The van der Waals surface area contributed by atoms with Crippen molar-refractivity contribution in [3.63, 3.8) is 0 Å². The van der Waals surface area contributed by atoms with Crippen LogP contribution in [0.2, 0.25) is 0 Å². The molecule has 0 aliphatic carbocycles. The summed E-state index contributed by atoms with van der Waals surface area (Å²) in [6.07, 6.45) is 1.37. The lowest BCUT2D eigenvalue weighted by atomic mass is 9.92. The van der Waals surface area contributed by atoms with Crippen LogP contribution in [-0.4, -0.2) is 27.3 Å². The Morgan fingerprint density at radius 2 is 1.93 bits per heavy atom. The number of ether oxygens (including phenoxy) is 1. The summed E-state index contributed by atoms with van der Waals surface area (Å²) in [5, 5.41) is 7.36. The average molecular weight is 364 g/mol. The molecule has 0 amide bonds. The van der Waals surface area contributed by atoms with Crippen LogP contribution in [0.1, 0.15) is 24.1 Å². The van der Waals surface area contributed by atoms with Gasteiger partial charge in [0.15, 0.2) is 0 Å². The number of nitrogens with zero attached hydrogens (tertiary/aromatic N) is 3. The van der Waals surface area contributed by atoms with Gasteiger partial charge in [0.2, 0.25) is 5.95 Å². The van der Waals surface area contributed by atoms with Crippen LogP contribution < -0.4 is 5.32 Å². The van der Waals surface area contributed by atoms with Gasteiger partial charge < -0.3 is 10.1 Å². The van der Waals surface area contributed by atoms with Gasteiger partial charge in [0, 0.05) is 5.56 Å². The van der Waals surface area contributed by atoms with Gasteiger partial charge in [0.25, 0.3) is 0 Å². The lowest BCUT2D eigenvalue weighted by Gasteiger charge is -2.29. The van der Waals surface area contributed by atoms with Crippen LogP contribution in [0.5, 0.6) is 0 Å². The Morgan fingerprint density at radius 1 is 1.19 bits per heavy atom. The van der Waals surface area contributed by atoms with Crippen LogP contribution in [0.25, 0.3) is 5.70 Å². The SMILES string of the molecule is CCOC(=O)C1=C(c2ccccc2)Nc2ncnn2[C@H]1c1ccccc1F. The minimum atomic E-state index is -0.792. The predicted molar refractivity (Wildman–Crippen MR) is 98.2 cm³/mol. The molecule has 1 aliphatic rings. The molecule has 27 heavy (non-hydrogen) atoms. The summed E-state index contributed by atoms with van der Waals surface area (Å²) < 4.78 is 21.5. The first-order valence-corrected chi connectivity index (χ1v) is 8.58. The second-order valence-corrected chi connectivity index (χ2v) is 5.95. The lowest BCUT2D eigenvalue weighted by Crippen LogP contribution is -2.30. The molecule has 136 valence electrons. The van der Waals surface area contributed by atoms with E-state index in [1.807, 2.05) is 30.3 Å². The minimum Gasteiger partial charge on any atom is -0.463 e. The van der Waals surface area contributed by atoms with E-state index in [-0.39, 0.29) is 12.2 Å². The van der Waals surface area contributed by atoms with Crippen molar-refractivity contribution in [2.45, 2.75) is 13.0 Å². The quantitative estimate of drug-likeness (QED) is 0.719. The van der Waals surface area contributed by atoms with E-state index < -0.39 is 17.8 Å². The number of hydrogen-bond acceptors (Lipinski definition) is 5. The molecule has 4 rings (SSSR count). The third kappa shape index (κ3) is 2.97. The van der Waals surface area contributed by atoms with E-state index >= 15 is 0 Å². The number of aromatic nitrogens is 3. The van der Waals surface area contributed by atoms with E-state index in [0.717, 1.165) is 5.56 Å². The zero-order valence-electron chi connectivity index (χ0n) is 14.6. The van der Waals surface area contributed by atoms with Crippen molar-refractivity contribution in [2.75, 3.05) is 11.9 Å². The Morgan fingerprint density at radius 3 is 2.67 bits per heavy atom. The molecule has 0 radical (unpaired) electrons. The third-order valence-corrected chi connectivity index (χ3v) is 4.35. The van der Waals surface area contributed by atoms with Gasteiger partial charge in [0.05, 0.1) is 17.9 Å². The smallest absolute Gasteiger partial charge is 0.338 e. The van der Waals surface area contributed by atoms with Crippen LogP contribution in [-0.2, 0) is 9.53 Å². The fraction of sp³-hybridized carbons (Fsp3) is 0.150. The van der Waals surface area contributed by atoms with Crippen LogP contribution >= 0.6 is 0 Å². The van der Waals surface area contributed by atoms with Crippen LogP contribution in [0.15, 0.2) is 66.5 Å². The van der Waals surface area contributed by atoms with Gasteiger partial charge in [-0.2, -0.15) is 10.1 Å². The normalized spacial score (nSPS) is 15.9. The van der Waals surface area contributed by atoms with Crippen molar-refractivity contribution in [3.8, 4) is 0 Å². The fourth-order valence-electron chi connectivity index (χ4n) is 3.21. The summed E-state index contributed by atoms with van der Waals surface area (Å²) in [5.41, 5.74) is 1.91. The Hall–Kier alpha value is -3.48. The van der Waals surface area contributed by atoms with Crippen LogP contribution in [0, 0.1) is 5.82 Å². The number of carbonyl (C=O) groups excluding carboxylic acids is 1. The number of benzene rings is 2. The number of esters is 1. The van der Waals surface area contributed by atoms with Crippen molar-refractivity contribution in [3.05, 3.63) is 83.4 Å². The van der Waals surface area contributed by atoms with Gasteiger partial charge in [0.1, 0.15) is 18.2 Å². The molecule has 1 aliphatic heterocycles. The first-order chi connectivity index (χ1) is 13.2. The molecule has 1 atom stereocenters. The highest BCUT2D eigenvalue weighted by atomic mass is 19.1. The van der Waals surface area contributed by atoms with Crippen molar-refractivity contribution in [2.24, 2.45) is 0 Å². The number of fused-ring (bicyclic) bond motifs is 1. The molecule has 2 heterocycles. The van der Waals surface area contributed by atoms with E-state index in [1.54, 1.807) is 25.1 Å². The van der Waals surface area contributed by atoms with E-state index in [4.69, 9.17) is 4.74 Å². The van der Waals surface area contributed by atoms with Gasteiger partial charge in [-0.05, 0) is 18.6 Å². The number of carbonyl (C=O) groups is 1. The molecule has 3 aromatic rings. The molecule has 0 bridgehead atoms. The summed E-state index contributed by atoms with van der Waals surface area (Å²) in [4.78, 5) is 17.1. The molecule has 0 spiro atoms. The average Bonchev–Trinajstić information content (AvgIpc) is 3.16. The Kier molecular flexibility index (Phi) is 4.42. The monoisotopic (exact) mass is 364 g/mol. The Balaban J connectivity index is 1.99. The topological polar surface area (TPSA) is 69.0 Å². The molecule has 1 N–H and O–H groups in total. The van der Waals surface area contributed by atoms with Gasteiger partial charge in [-0.15, -0.1) is 0 Å². The molecule has 0 fully saturated rings. The molecule has 6 nitrogen and oxygen atoms in total. The van der Waals surface area contributed by atoms with Crippen LogP contribution in [0.4, 0.5) is 10.3 Å². The largest absolute Gasteiger partial charge is 0.463 e.